The fraction of sp³-hybridized carbons (Fsp3) is 0.400. The summed E-state index contributed by atoms with van der Waals surface area (Å²) in [7, 11) is 0. The van der Waals surface area contributed by atoms with Gasteiger partial charge in [-0.1, -0.05) is 61.4 Å². The first-order valence-corrected chi connectivity index (χ1v) is 8.30. The minimum Gasteiger partial charge on any atom is -0.493 e. The molecule has 0 aromatic heterocycles. The Bertz CT molecular complexity index is 652. The zero-order valence-corrected chi connectivity index (χ0v) is 12.7. The summed E-state index contributed by atoms with van der Waals surface area (Å²) in [4.78, 5) is 0. The van der Waals surface area contributed by atoms with Crippen molar-refractivity contribution in [3.05, 3.63) is 65.7 Å². The molecule has 1 heterocycles. The molecule has 4 rings (SSSR count). The number of benzene rings is 2. The number of aliphatic hydroxyl groups is 1. The highest BCUT2D eigenvalue weighted by Gasteiger charge is 2.48. The number of hydrogen-bond donors (Lipinski definition) is 1. The predicted molar refractivity (Wildman–Crippen MR) is 86.8 cm³/mol. The lowest BCUT2D eigenvalue weighted by atomic mass is 9.65. The molecule has 0 radical (unpaired) electrons. The summed E-state index contributed by atoms with van der Waals surface area (Å²) in [5.41, 5.74) is 0.972. The third kappa shape index (κ3) is 2.05. The van der Waals surface area contributed by atoms with Crippen LogP contribution in [0.1, 0.15) is 36.8 Å². The van der Waals surface area contributed by atoms with Gasteiger partial charge in [-0.2, -0.15) is 0 Å². The molecule has 1 aliphatic carbocycles. The summed E-state index contributed by atoms with van der Waals surface area (Å²) < 4.78 is 6.07. The van der Waals surface area contributed by atoms with E-state index in [-0.39, 0.29) is 5.92 Å². The standard InChI is InChI=1S/C20H22O2/c21-20(16-9-2-1-3-10-16)17-11-5-4-8-15(17)14-22-19-13-7-6-12-18(19)20/h1-3,6-7,9-10,12-13,15,17,21H,4-5,8,11,14H2/t15-,17+,20?/m0/s1. The van der Waals surface area contributed by atoms with Crippen molar-refractivity contribution in [3.8, 4) is 5.75 Å². The van der Waals surface area contributed by atoms with Gasteiger partial charge >= 0.3 is 0 Å². The van der Waals surface area contributed by atoms with Crippen LogP contribution in [0.2, 0.25) is 0 Å². The summed E-state index contributed by atoms with van der Waals surface area (Å²) in [5.74, 6) is 1.49. The molecule has 0 bridgehead atoms. The normalized spacial score (nSPS) is 30.6. The van der Waals surface area contributed by atoms with Crippen molar-refractivity contribution in [3.63, 3.8) is 0 Å². The molecule has 3 atom stereocenters. The Morgan fingerprint density at radius 2 is 1.64 bits per heavy atom. The minimum absolute atomic E-state index is 0.229. The maximum absolute atomic E-state index is 11.9. The lowest BCUT2D eigenvalue weighted by Crippen LogP contribution is -2.42. The molecule has 114 valence electrons. The Balaban J connectivity index is 1.93. The zero-order valence-electron chi connectivity index (χ0n) is 12.7. The van der Waals surface area contributed by atoms with Gasteiger partial charge in [-0.05, 0) is 30.4 Å². The Labute approximate surface area is 131 Å². The van der Waals surface area contributed by atoms with E-state index in [1.54, 1.807) is 0 Å². The monoisotopic (exact) mass is 294 g/mol. The maximum Gasteiger partial charge on any atom is 0.125 e. The van der Waals surface area contributed by atoms with Gasteiger partial charge in [-0.15, -0.1) is 0 Å². The van der Waals surface area contributed by atoms with Crippen LogP contribution in [0.3, 0.4) is 0 Å². The van der Waals surface area contributed by atoms with Crippen molar-refractivity contribution in [2.75, 3.05) is 6.61 Å². The second-order valence-electron chi connectivity index (χ2n) is 6.59. The van der Waals surface area contributed by atoms with Crippen molar-refractivity contribution in [2.24, 2.45) is 11.8 Å². The Hall–Kier alpha value is -1.80. The summed E-state index contributed by atoms with van der Waals surface area (Å²) in [6.45, 7) is 0.719. The lowest BCUT2D eigenvalue weighted by molar-refractivity contribution is -0.0285. The van der Waals surface area contributed by atoms with Crippen LogP contribution in [0.15, 0.2) is 54.6 Å². The van der Waals surface area contributed by atoms with Crippen LogP contribution in [0, 0.1) is 11.8 Å². The molecule has 22 heavy (non-hydrogen) atoms. The molecule has 1 fully saturated rings. The van der Waals surface area contributed by atoms with Crippen LogP contribution in [0.25, 0.3) is 0 Å². The fourth-order valence-electron chi connectivity index (χ4n) is 4.32. The second kappa shape index (κ2) is 5.44. The average Bonchev–Trinajstić information content (AvgIpc) is 2.73. The zero-order chi connectivity index (χ0) is 15.0. The van der Waals surface area contributed by atoms with Gasteiger partial charge in [0.25, 0.3) is 0 Å². The van der Waals surface area contributed by atoms with E-state index < -0.39 is 5.60 Å². The van der Waals surface area contributed by atoms with E-state index in [0.717, 1.165) is 36.3 Å². The second-order valence-corrected chi connectivity index (χ2v) is 6.59. The van der Waals surface area contributed by atoms with E-state index in [1.165, 1.54) is 12.8 Å². The van der Waals surface area contributed by atoms with Crippen LogP contribution in [0.4, 0.5) is 0 Å². The summed E-state index contributed by atoms with van der Waals surface area (Å²) in [5, 5.41) is 11.9. The molecule has 0 saturated heterocycles. The summed E-state index contributed by atoms with van der Waals surface area (Å²) in [6.07, 6.45) is 4.64. The van der Waals surface area contributed by atoms with Crippen LogP contribution in [-0.2, 0) is 5.60 Å². The quantitative estimate of drug-likeness (QED) is 0.857. The molecule has 2 nitrogen and oxygen atoms in total. The fourth-order valence-corrected chi connectivity index (χ4v) is 4.32. The molecule has 1 unspecified atom stereocenters. The van der Waals surface area contributed by atoms with Crippen molar-refractivity contribution < 1.29 is 9.84 Å². The molecule has 1 aliphatic heterocycles. The van der Waals surface area contributed by atoms with Gasteiger partial charge in [0.15, 0.2) is 0 Å². The molecule has 2 aromatic rings. The van der Waals surface area contributed by atoms with E-state index in [2.05, 4.69) is 0 Å². The third-order valence-electron chi connectivity index (χ3n) is 5.41. The number of para-hydroxylation sites is 1. The number of ether oxygens (including phenoxy) is 1. The van der Waals surface area contributed by atoms with E-state index in [1.807, 2.05) is 54.6 Å². The van der Waals surface area contributed by atoms with E-state index >= 15 is 0 Å². The number of hydrogen-bond acceptors (Lipinski definition) is 2. The highest BCUT2D eigenvalue weighted by molar-refractivity contribution is 5.46. The Morgan fingerprint density at radius 1 is 0.909 bits per heavy atom. The topological polar surface area (TPSA) is 29.5 Å². The van der Waals surface area contributed by atoms with Gasteiger partial charge in [-0.3, -0.25) is 0 Å². The van der Waals surface area contributed by atoms with Crippen molar-refractivity contribution in [1.29, 1.82) is 0 Å². The molecular weight excluding hydrogens is 272 g/mol. The van der Waals surface area contributed by atoms with Crippen LogP contribution in [0.5, 0.6) is 5.75 Å². The Morgan fingerprint density at radius 3 is 2.50 bits per heavy atom. The van der Waals surface area contributed by atoms with Crippen LogP contribution < -0.4 is 4.74 Å². The van der Waals surface area contributed by atoms with Crippen LogP contribution in [-0.4, -0.2) is 11.7 Å². The smallest absolute Gasteiger partial charge is 0.125 e. The van der Waals surface area contributed by atoms with Crippen molar-refractivity contribution in [2.45, 2.75) is 31.3 Å². The molecule has 0 spiro atoms. The van der Waals surface area contributed by atoms with E-state index in [4.69, 9.17) is 4.74 Å². The number of fused-ring (bicyclic) bond motifs is 2. The summed E-state index contributed by atoms with van der Waals surface area (Å²) in [6, 6.07) is 18.1. The first-order valence-electron chi connectivity index (χ1n) is 8.30. The third-order valence-corrected chi connectivity index (χ3v) is 5.41. The van der Waals surface area contributed by atoms with Crippen molar-refractivity contribution >= 4 is 0 Å². The maximum atomic E-state index is 11.9. The lowest BCUT2D eigenvalue weighted by Gasteiger charge is -2.41. The van der Waals surface area contributed by atoms with Gasteiger partial charge < -0.3 is 9.84 Å². The Kier molecular flexibility index (Phi) is 3.42. The largest absolute Gasteiger partial charge is 0.493 e. The van der Waals surface area contributed by atoms with Gasteiger partial charge in [0, 0.05) is 11.5 Å². The highest BCUT2D eigenvalue weighted by atomic mass is 16.5. The first-order chi connectivity index (χ1) is 10.8. The average molecular weight is 294 g/mol. The molecule has 2 heteroatoms. The molecule has 1 N–H and O–H groups in total. The minimum atomic E-state index is -0.945. The molecule has 1 saturated carbocycles. The van der Waals surface area contributed by atoms with E-state index in [0.29, 0.717) is 5.92 Å². The SMILES string of the molecule is OC1(c2ccccc2)c2ccccc2OC[C@@H]2CCCC[C@H]21. The summed E-state index contributed by atoms with van der Waals surface area (Å²) >= 11 is 0. The van der Waals surface area contributed by atoms with Gasteiger partial charge in [0.05, 0.1) is 6.61 Å². The predicted octanol–water partition coefficient (Wildman–Crippen LogP) is 4.12. The molecule has 2 aromatic carbocycles. The molecule has 0 amide bonds. The van der Waals surface area contributed by atoms with Crippen molar-refractivity contribution in [1.82, 2.24) is 0 Å². The van der Waals surface area contributed by atoms with Gasteiger partial charge in [0.1, 0.15) is 11.4 Å². The van der Waals surface area contributed by atoms with E-state index in [9.17, 15) is 5.11 Å². The van der Waals surface area contributed by atoms with Gasteiger partial charge in [-0.25, -0.2) is 0 Å². The molecular formula is C20H22O2. The first kappa shape index (κ1) is 13.8. The van der Waals surface area contributed by atoms with Gasteiger partial charge in [0.2, 0.25) is 0 Å². The van der Waals surface area contributed by atoms with Crippen LogP contribution >= 0.6 is 0 Å². The highest BCUT2D eigenvalue weighted by Crippen LogP contribution is 2.50. The molecule has 2 aliphatic rings. The number of rotatable bonds is 1.